The second-order valence-electron chi connectivity index (χ2n) is 5.42. The van der Waals surface area contributed by atoms with Crippen molar-refractivity contribution in [3.05, 3.63) is 38.6 Å². The monoisotopic (exact) mass is 473 g/mol. The van der Waals surface area contributed by atoms with Gasteiger partial charge in [-0.15, -0.1) is 11.3 Å². The maximum absolute atomic E-state index is 12.1. The highest BCUT2D eigenvalue weighted by Crippen LogP contribution is 2.34. The summed E-state index contributed by atoms with van der Waals surface area (Å²) < 4.78 is 6.79. The van der Waals surface area contributed by atoms with Gasteiger partial charge < -0.3 is 15.0 Å². The maximum Gasteiger partial charge on any atom is 0.348 e. The molecule has 0 radical (unpaired) electrons. The van der Waals surface area contributed by atoms with Crippen molar-refractivity contribution in [1.82, 2.24) is 4.98 Å². The number of nitrogens with zero attached hydrogens (tertiary/aromatic N) is 2. The molecule has 136 valence electrons. The summed E-state index contributed by atoms with van der Waals surface area (Å²) in [5, 5.41) is 3.87. The van der Waals surface area contributed by atoms with Crippen LogP contribution < -0.4 is 10.2 Å². The molecule has 0 saturated carbocycles. The number of fused-ring (bicyclic) bond motifs is 1. The summed E-state index contributed by atoms with van der Waals surface area (Å²) in [6.45, 7) is -0.396. The van der Waals surface area contributed by atoms with Gasteiger partial charge in [0.2, 0.25) is 0 Å². The number of thiazole rings is 1. The molecule has 0 aliphatic carbocycles. The van der Waals surface area contributed by atoms with Gasteiger partial charge in [0.05, 0.1) is 15.4 Å². The van der Waals surface area contributed by atoms with E-state index in [0.717, 1.165) is 19.1 Å². The van der Waals surface area contributed by atoms with Gasteiger partial charge in [-0.2, -0.15) is 0 Å². The quantitative estimate of drug-likeness (QED) is 0.546. The molecule has 1 N–H and O–H groups in total. The number of halogens is 2. The van der Waals surface area contributed by atoms with Crippen LogP contribution in [0.3, 0.4) is 0 Å². The summed E-state index contributed by atoms with van der Waals surface area (Å²) in [7, 11) is 3.82. The van der Waals surface area contributed by atoms with Gasteiger partial charge in [-0.3, -0.25) is 4.79 Å². The van der Waals surface area contributed by atoms with Crippen LogP contribution in [0.25, 0.3) is 9.53 Å². The number of amides is 1. The van der Waals surface area contributed by atoms with Gasteiger partial charge in [0.1, 0.15) is 9.71 Å². The molecule has 0 spiro atoms. The van der Waals surface area contributed by atoms with E-state index in [4.69, 9.17) is 16.3 Å². The van der Waals surface area contributed by atoms with Crippen molar-refractivity contribution in [2.24, 2.45) is 0 Å². The molecule has 26 heavy (non-hydrogen) atoms. The fraction of sp³-hybridized carbons (Fsp3) is 0.188. The summed E-state index contributed by atoms with van der Waals surface area (Å²) in [4.78, 5) is 31.6. The van der Waals surface area contributed by atoms with Gasteiger partial charge in [-0.25, -0.2) is 9.78 Å². The van der Waals surface area contributed by atoms with E-state index >= 15 is 0 Å². The number of ether oxygens (including phenoxy) is 1. The molecule has 1 aromatic carbocycles. The average Bonchev–Trinajstić information content (AvgIpc) is 3.14. The number of carbonyl (C=O) groups is 2. The Balaban J connectivity index is 1.59. The first-order chi connectivity index (χ1) is 12.3. The van der Waals surface area contributed by atoms with E-state index in [-0.39, 0.29) is 0 Å². The summed E-state index contributed by atoms with van der Waals surface area (Å²) in [6, 6.07) is 6.81. The van der Waals surface area contributed by atoms with Crippen molar-refractivity contribution in [2.45, 2.75) is 0 Å². The lowest BCUT2D eigenvalue weighted by Crippen LogP contribution is -2.20. The van der Waals surface area contributed by atoms with E-state index in [2.05, 4.69) is 26.2 Å². The number of hydrogen-bond acceptors (Lipinski definition) is 7. The highest BCUT2D eigenvalue weighted by molar-refractivity contribution is 9.10. The fourth-order valence-corrected chi connectivity index (χ4v) is 4.74. The summed E-state index contributed by atoms with van der Waals surface area (Å²) >= 11 is 12.1. The number of esters is 1. The Hall–Kier alpha value is -1.68. The lowest BCUT2D eigenvalue weighted by atomic mass is 10.3. The minimum absolute atomic E-state index is 0.389. The third-order valence-electron chi connectivity index (χ3n) is 3.20. The highest BCUT2D eigenvalue weighted by Gasteiger charge is 2.17. The number of nitrogens with one attached hydrogen (secondary N) is 1. The first kappa shape index (κ1) is 19.1. The average molecular weight is 475 g/mol. The number of hydrogen-bond donors (Lipinski definition) is 1. The Kier molecular flexibility index (Phi) is 5.81. The van der Waals surface area contributed by atoms with Crippen molar-refractivity contribution >= 4 is 82.4 Å². The van der Waals surface area contributed by atoms with E-state index in [0.29, 0.717) is 15.6 Å². The molecule has 6 nitrogen and oxygen atoms in total. The number of rotatable bonds is 5. The predicted octanol–water partition coefficient (Wildman–Crippen LogP) is 4.64. The summed E-state index contributed by atoms with van der Waals surface area (Å²) in [6.07, 6.45) is 0. The van der Waals surface area contributed by atoms with Gasteiger partial charge in [0, 0.05) is 18.6 Å². The number of benzene rings is 1. The molecule has 0 aliphatic heterocycles. The van der Waals surface area contributed by atoms with Gasteiger partial charge in [0.15, 0.2) is 11.7 Å². The second-order valence-corrected chi connectivity index (χ2v) is 8.78. The van der Waals surface area contributed by atoms with Gasteiger partial charge >= 0.3 is 5.97 Å². The molecule has 0 saturated heterocycles. The van der Waals surface area contributed by atoms with Crippen molar-refractivity contribution in [2.75, 3.05) is 30.9 Å². The van der Waals surface area contributed by atoms with Gasteiger partial charge in [-0.1, -0.05) is 38.9 Å². The molecule has 2 aromatic heterocycles. The summed E-state index contributed by atoms with van der Waals surface area (Å²) in [5.74, 6) is -1.02. The Labute approximate surface area is 170 Å². The Morgan fingerprint density at radius 2 is 2.08 bits per heavy atom. The third-order valence-corrected chi connectivity index (χ3v) is 6.32. The second kappa shape index (κ2) is 7.91. The molecule has 0 atom stereocenters. The highest BCUT2D eigenvalue weighted by atomic mass is 79.9. The number of carbonyl (C=O) groups excluding carboxylic acids is 2. The SMILES string of the molecule is CN(C)c1nc2sc(C(=O)OCC(=O)Nc3ccc(Br)cc3Cl)cc2s1. The molecule has 3 rings (SSSR count). The van der Waals surface area contributed by atoms with Gasteiger partial charge in [0.25, 0.3) is 5.91 Å². The Morgan fingerprint density at radius 1 is 1.31 bits per heavy atom. The number of aromatic nitrogens is 1. The van der Waals surface area contributed by atoms with Crippen LogP contribution in [0.15, 0.2) is 28.7 Å². The van der Waals surface area contributed by atoms with Gasteiger partial charge in [-0.05, 0) is 24.3 Å². The molecule has 0 aliphatic rings. The third kappa shape index (κ3) is 4.35. The molecular formula is C16H13BrClN3O3S2. The molecule has 0 bridgehead atoms. The number of thiophene rings is 1. The van der Waals surface area contributed by atoms with Crippen molar-refractivity contribution in [1.29, 1.82) is 0 Å². The molecule has 2 heterocycles. The van der Waals surface area contributed by atoms with Crippen molar-refractivity contribution in [3.63, 3.8) is 0 Å². The maximum atomic E-state index is 12.1. The van der Waals surface area contributed by atoms with Crippen LogP contribution >= 0.6 is 50.2 Å². The van der Waals surface area contributed by atoms with E-state index < -0.39 is 18.5 Å². The van der Waals surface area contributed by atoms with Crippen LogP contribution in [0.4, 0.5) is 10.8 Å². The smallest absolute Gasteiger partial charge is 0.348 e. The topological polar surface area (TPSA) is 71.5 Å². The largest absolute Gasteiger partial charge is 0.451 e. The Morgan fingerprint density at radius 3 is 2.73 bits per heavy atom. The van der Waals surface area contributed by atoms with E-state index in [1.54, 1.807) is 24.3 Å². The van der Waals surface area contributed by atoms with E-state index in [1.165, 1.54) is 22.7 Å². The van der Waals surface area contributed by atoms with Crippen LogP contribution in [-0.2, 0) is 9.53 Å². The number of anilines is 2. The first-order valence-electron chi connectivity index (χ1n) is 7.33. The zero-order valence-corrected chi connectivity index (χ0v) is 17.7. The van der Waals surface area contributed by atoms with E-state index in [9.17, 15) is 9.59 Å². The molecular weight excluding hydrogens is 462 g/mol. The van der Waals surface area contributed by atoms with Crippen molar-refractivity contribution < 1.29 is 14.3 Å². The van der Waals surface area contributed by atoms with Crippen LogP contribution in [0, 0.1) is 0 Å². The predicted molar refractivity (Wildman–Crippen MR) is 110 cm³/mol. The normalized spacial score (nSPS) is 10.8. The molecule has 1 amide bonds. The van der Waals surface area contributed by atoms with Crippen molar-refractivity contribution in [3.8, 4) is 0 Å². The molecule has 0 fully saturated rings. The van der Waals surface area contributed by atoms with Crippen LogP contribution in [0.5, 0.6) is 0 Å². The molecule has 10 heteroatoms. The molecule has 3 aromatic rings. The Bertz CT molecular complexity index is 955. The minimum atomic E-state index is -0.552. The van der Waals surface area contributed by atoms with E-state index in [1.807, 2.05) is 19.0 Å². The fourth-order valence-electron chi connectivity index (χ4n) is 2.00. The lowest BCUT2D eigenvalue weighted by molar-refractivity contribution is -0.119. The van der Waals surface area contributed by atoms with Crippen LogP contribution in [0.1, 0.15) is 9.67 Å². The molecule has 0 unspecified atom stereocenters. The standard InChI is InChI=1S/C16H13BrClN3O3S2/c1-21(2)16-20-14-11(26-16)6-12(25-14)15(23)24-7-13(22)19-10-4-3-8(17)5-9(10)18/h3-6H,7H2,1-2H3,(H,19,22). The van der Waals surface area contributed by atoms with Crippen LogP contribution in [-0.4, -0.2) is 37.6 Å². The van der Waals surface area contributed by atoms with Crippen LogP contribution in [0.2, 0.25) is 5.02 Å². The lowest BCUT2D eigenvalue weighted by Gasteiger charge is -2.08. The first-order valence-corrected chi connectivity index (χ1v) is 10.1. The zero-order valence-electron chi connectivity index (χ0n) is 13.7. The minimum Gasteiger partial charge on any atom is -0.451 e. The zero-order chi connectivity index (χ0) is 18.8. The summed E-state index contributed by atoms with van der Waals surface area (Å²) in [5.41, 5.74) is 0.452.